The van der Waals surface area contributed by atoms with Crippen molar-refractivity contribution in [3.05, 3.63) is 46.4 Å². The number of hydrogen-bond acceptors (Lipinski definition) is 4. The summed E-state index contributed by atoms with van der Waals surface area (Å²) in [5.74, 6) is -0.428. The minimum Gasteiger partial charge on any atom is -0.368 e. The van der Waals surface area contributed by atoms with Gasteiger partial charge in [0, 0.05) is 16.8 Å². The van der Waals surface area contributed by atoms with Gasteiger partial charge >= 0.3 is 0 Å². The van der Waals surface area contributed by atoms with Crippen LogP contribution >= 0.6 is 11.3 Å². The van der Waals surface area contributed by atoms with E-state index in [1.807, 2.05) is 42.6 Å². The van der Waals surface area contributed by atoms with Gasteiger partial charge < -0.3 is 11.1 Å². The predicted molar refractivity (Wildman–Crippen MR) is 68.9 cm³/mol. The topological polar surface area (TPSA) is 68.0 Å². The highest BCUT2D eigenvalue weighted by molar-refractivity contribution is 7.09. The number of carbonyl (C=O) groups excluding carboxylic acids is 1. The number of anilines is 1. The van der Waals surface area contributed by atoms with Crippen LogP contribution in [0.1, 0.15) is 16.7 Å². The molecule has 17 heavy (non-hydrogen) atoms. The highest BCUT2D eigenvalue weighted by Gasteiger charge is 2.20. The molecule has 0 fully saturated rings. The Hall–Kier alpha value is -1.88. The molecule has 3 N–H and O–H groups in total. The summed E-state index contributed by atoms with van der Waals surface area (Å²) in [6.07, 6.45) is 0. The molecule has 1 atom stereocenters. The number of thiazole rings is 1. The van der Waals surface area contributed by atoms with E-state index in [1.165, 1.54) is 11.3 Å². The Kier molecular flexibility index (Phi) is 3.39. The van der Waals surface area contributed by atoms with Crippen molar-refractivity contribution in [3.63, 3.8) is 0 Å². The van der Waals surface area contributed by atoms with Crippen LogP contribution < -0.4 is 11.1 Å². The largest absolute Gasteiger partial charge is 0.368 e. The number of amides is 1. The number of carbonyl (C=O) groups is 1. The van der Waals surface area contributed by atoms with Gasteiger partial charge in [0.15, 0.2) is 6.04 Å². The molecule has 0 aliphatic carbocycles. The first-order chi connectivity index (χ1) is 8.16. The molecule has 2 aromatic rings. The molecule has 1 unspecified atom stereocenters. The monoisotopic (exact) mass is 247 g/mol. The third-order valence-electron chi connectivity index (χ3n) is 2.25. The molecule has 1 aromatic heterocycles. The smallest absolute Gasteiger partial charge is 0.247 e. The van der Waals surface area contributed by atoms with E-state index in [0.717, 1.165) is 11.4 Å². The average molecular weight is 247 g/mol. The van der Waals surface area contributed by atoms with Crippen molar-refractivity contribution in [2.24, 2.45) is 5.73 Å². The summed E-state index contributed by atoms with van der Waals surface area (Å²) >= 11 is 1.43. The van der Waals surface area contributed by atoms with E-state index >= 15 is 0 Å². The van der Waals surface area contributed by atoms with Gasteiger partial charge in [-0.05, 0) is 19.1 Å². The molecule has 1 heterocycles. The highest BCUT2D eigenvalue weighted by atomic mass is 32.1. The van der Waals surface area contributed by atoms with Gasteiger partial charge in [0.25, 0.3) is 0 Å². The zero-order valence-electron chi connectivity index (χ0n) is 9.38. The number of aryl methyl sites for hydroxylation is 1. The van der Waals surface area contributed by atoms with Crippen LogP contribution in [0, 0.1) is 6.92 Å². The second-order valence-corrected chi connectivity index (χ2v) is 4.56. The summed E-state index contributed by atoms with van der Waals surface area (Å²) in [4.78, 5) is 15.7. The molecular formula is C12H13N3OS. The van der Waals surface area contributed by atoms with Crippen LogP contribution in [-0.2, 0) is 4.79 Å². The molecule has 2 rings (SSSR count). The first-order valence-electron chi connectivity index (χ1n) is 5.20. The van der Waals surface area contributed by atoms with Gasteiger partial charge in [0.2, 0.25) is 5.91 Å². The Balaban J connectivity index is 2.22. The van der Waals surface area contributed by atoms with Gasteiger partial charge in [0.1, 0.15) is 5.01 Å². The zero-order valence-corrected chi connectivity index (χ0v) is 10.2. The number of hydrogen-bond donors (Lipinski definition) is 2. The number of rotatable bonds is 4. The maximum absolute atomic E-state index is 11.4. The molecule has 0 saturated carbocycles. The molecule has 0 spiro atoms. The van der Waals surface area contributed by atoms with E-state index in [-0.39, 0.29) is 0 Å². The van der Waals surface area contributed by atoms with Gasteiger partial charge in [-0.15, -0.1) is 11.3 Å². The molecule has 5 heteroatoms. The maximum atomic E-state index is 11.4. The summed E-state index contributed by atoms with van der Waals surface area (Å²) in [5.41, 5.74) is 7.14. The summed E-state index contributed by atoms with van der Waals surface area (Å²) in [6.45, 7) is 1.89. The number of para-hydroxylation sites is 1. The van der Waals surface area contributed by atoms with E-state index in [9.17, 15) is 4.79 Å². The van der Waals surface area contributed by atoms with Crippen molar-refractivity contribution in [3.8, 4) is 0 Å². The number of nitrogens with zero attached hydrogens (tertiary/aromatic N) is 1. The maximum Gasteiger partial charge on any atom is 0.247 e. The van der Waals surface area contributed by atoms with Crippen LogP contribution in [-0.4, -0.2) is 10.9 Å². The minimum atomic E-state index is -0.573. The average Bonchev–Trinajstić information content (AvgIpc) is 2.73. The van der Waals surface area contributed by atoms with E-state index in [1.54, 1.807) is 0 Å². The molecule has 0 aliphatic rings. The molecule has 0 bridgehead atoms. The third kappa shape index (κ3) is 2.82. The summed E-state index contributed by atoms with van der Waals surface area (Å²) < 4.78 is 0. The van der Waals surface area contributed by atoms with Crippen LogP contribution in [0.4, 0.5) is 5.69 Å². The number of primary amides is 1. The second-order valence-electron chi connectivity index (χ2n) is 3.67. The fourth-order valence-electron chi connectivity index (χ4n) is 1.46. The Morgan fingerprint density at radius 1 is 1.41 bits per heavy atom. The van der Waals surface area contributed by atoms with E-state index < -0.39 is 11.9 Å². The van der Waals surface area contributed by atoms with Gasteiger partial charge in [-0.3, -0.25) is 4.79 Å². The number of aromatic nitrogens is 1. The third-order valence-corrected chi connectivity index (χ3v) is 3.28. The highest BCUT2D eigenvalue weighted by Crippen LogP contribution is 2.22. The molecular weight excluding hydrogens is 234 g/mol. The SMILES string of the molecule is Cc1csc(C(Nc2ccccc2)C(N)=O)n1. The van der Waals surface area contributed by atoms with Crippen molar-refractivity contribution >= 4 is 22.9 Å². The molecule has 88 valence electrons. The van der Waals surface area contributed by atoms with Crippen molar-refractivity contribution < 1.29 is 4.79 Å². The minimum absolute atomic E-state index is 0.428. The lowest BCUT2D eigenvalue weighted by Gasteiger charge is -2.14. The molecule has 0 radical (unpaired) electrons. The Bertz CT molecular complexity index is 509. The van der Waals surface area contributed by atoms with Crippen LogP contribution in [0.5, 0.6) is 0 Å². The number of nitrogens with one attached hydrogen (secondary N) is 1. The predicted octanol–water partition coefficient (Wildman–Crippen LogP) is 2.09. The normalized spacial score (nSPS) is 12.1. The standard InChI is InChI=1S/C12H13N3OS/c1-8-7-17-12(14-8)10(11(13)16)15-9-5-3-2-4-6-9/h2-7,10,15H,1H3,(H2,13,16). The van der Waals surface area contributed by atoms with Crippen molar-refractivity contribution in [2.75, 3.05) is 5.32 Å². The quantitative estimate of drug-likeness (QED) is 0.869. The Morgan fingerprint density at radius 2 is 2.12 bits per heavy atom. The Morgan fingerprint density at radius 3 is 2.65 bits per heavy atom. The van der Waals surface area contributed by atoms with Gasteiger partial charge in [0.05, 0.1) is 0 Å². The number of benzene rings is 1. The Labute approximate surface area is 103 Å². The summed E-state index contributed by atoms with van der Waals surface area (Å²) in [7, 11) is 0. The van der Waals surface area contributed by atoms with E-state index in [4.69, 9.17) is 5.73 Å². The van der Waals surface area contributed by atoms with Gasteiger partial charge in [-0.2, -0.15) is 0 Å². The van der Waals surface area contributed by atoms with Crippen LogP contribution in [0.25, 0.3) is 0 Å². The summed E-state index contributed by atoms with van der Waals surface area (Å²) in [5, 5.41) is 5.68. The first-order valence-corrected chi connectivity index (χ1v) is 6.07. The van der Waals surface area contributed by atoms with Gasteiger partial charge in [-0.25, -0.2) is 4.98 Å². The van der Waals surface area contributed by atoms with E-state index in [0.29, 0.717) is 5.01 Å². The van der Waals surface area contributed by atoms with Crippen molar-refractivity contribution in [1.82, 2.24) is 4.98 Å². The van der Waals surface area contributed by atoms with Crippen LogP contribution in [0.15, 0.2) is 35.7 Å². The van der Waals surface area contributed by atoms with Gasteiger partial charge in [-0.1, -0.05) is 18.2 Å². The van der Waals surface area contributed by atoms with Crippen LogP contribution in [0.2, 0.25) is 0 Å². The van der Waals surface area contributed by atoms with Crippen molar-refractivity contribution in [1.29, 1.82) is 0 Å². The molecule has 0 saturated heterocycles. The fraction of sp³-hybridized carbons (Fsp3) is 0.167. The second kappa shape index (κ2) is 4.97. The lowest BCUT2D eigenvalue weighted by atomic mass is 10.2. The molecule has 1 amide bonds. The molecule has 4 nitrogen and oxygen atoms in total. The van der Waals surface area contributed by atoms with E-state index in [2.05, 4.69) is 10.3 Å². The molecule has 1 aromatic carbocycles. The lowest BCUT2D eigenvalue weighted by Crippen LogP contribution is -2.27. The fourth-order valence-corrected chi connectivity index (χ4v) is 2.31. The zero-order chi connectivity index (χ0) is 12.3. The molecule has 0 aliphatic heterocycles. The number of nitrogens with two attached hydrogens (primary N) is 1. The lowest BCUT2D eigenvalue weighted by molar-refractivity contribution is -0.118. The first kappa shape index (κ1) is 11.6. The summed E-state index contributed by atoms with van der Waals surface area (Å²) in [6, 6.07) is 8.90. The van der Waals surface area contributed by atoms with Crippen molar-refractivity contribution in [2.45, 2.75) is 13.0 Å². The van der Waals surface area contributed by atoms with Crippen LogP contribution in [0.3, 0.4) is 0 Å².